The van der Waals surface area contributed by atoms with Crippen molar-refractivity contribution in [2.45, 2.75) is 38.8 Å². The molecule has 3 N–H and O–H groups in total. The van der Waals surface area contributed by atoms with Gasteiger partial charge in [-0.1, -0.05) is 30.7 Å². The number of benzene rings is 1. The van der Waals surface area contributed by atoms with Crippen LogP contribution < -0.4 is 10.8 Å². The average Bonchev–Trinajstić information content (AvgIpc) is 2.80. The Balaban J connectivity index is 1.56. The summed E-state index contributed by atoms with van der Waals surface area (Å²) in [6.45, 7) is 3.53. The van der Waals surface area contributed by atoms with Crippen molar-refractivity contribution in [3.8, 4) is 6.07 Å². The van der Waals surface area contributed by atoms with Gasteiger partial charge in [-0.25, -0.2) is 15.0 Å². The van der Waals surface area contributed by atoms with Crippen LogP contribution in [-0.2, 0) is 6.54 Å². The Hall–Kier alpha value is -3.32. The molecule has 1 aliphatic heterocycles. The van der Waals surface area contributed by atoms with Crippen LogP contribution in [0, 0.1) is 18.3 Å². The van der Waals surface area contributed by atoms with Crippen LogP contribution in [0.3, 0.4) is 0 Å². The number of likely N-dealkylation sites (tertiary alicyclic amines) is 1. The van der Waals surface area contributed by atoms with Gasteiger partial charge in [-0.3, -0.25) is 4.90 Å². The molecule has 9 heteroatoms. The van der Waals surface area contributed by atoms with Gasteiger partial charge in [-0.05, 0) is 49.5 Å². The van der Waals surface area contributed by atoms with E-state index < -0.39 is 7.12 Å². The first-order valence-electron chi connectivity index (χ1n) is 10.7. The first-order chi connectivity index (χ1) is 15.5. The molecule has 3 heterocycles. The molecule has 3 aromatic rings. The Morgan fingerprint density at radius 3 is 2.81 bits per heavy atom. The van der Waals surface area contributed by atoms with Gasteiger partial charge < -0.3 is 15.4 Å². The largest absolute Gasteiger partial charge is 0.488 e. The summed E-state index contributed by atoms with van der Waals surface area (Å²) in [6.07, 6.45) is 4.86. The van der Waals surface area contributed by atoms with Crippen LogP contribution in [-0.4, -0.2) is 43.6 Å². The zero-order valence-corrected chi connectivity index (χ0v) is 17.9. The second-order valence-corrected chi connectivity index (χ2v) is 7.99. The number of hydrogen-bond acceptors (Lipinski definition) is 8. The van der Waals surface area contributed by atoms with Crippen molar-refractivity contribution in [2.24, 2.45) is 0 Å². The van der Waals surface area contributed by atoms with Gasteiger partial charge in [-0.2, -0.15) is 5.26 Å². The van der Waals surface area contributed by atoms with Crippen LogP contribution in [0.25, 0.3) is 0 Å². The first kappa shape index (κ1) is 21.9. The van der Waals surface area contributed by atoms with Crippen molar-refractivity contribution in [2.75, 3.05) is 11.9 Å². The van der Waals surface area contributed by atoms with E-state index in [0.717, 1.165) is 42.8 Å². The minimum absolute atomic E-state index is 0.146. The maximum absolute atomic E-state index is 9.49. The normalized spacial score (nSPS) is 16.4. The van der Waals surface area contributed by atoms with Gasteiger partial charge in [0.05, 0.1) is 23.6 Å². The van der Waals surface area contributed by atoms with Gasteiger partial charge in [0, 0.05) is 12.6 Å². The van der Waals surface area contributed by atoms with E-state index >= 15 is 0 Å². The van der Waals surface area contributed by atoms with E-state index in [9.17, 15) is 10.0 Å². The van der Waals surface area contributed by atoms with E-state index in [1.54, 1.807) is 24.4 Å². The van der Waals surface area contributed by atoms with Gasteiger partial charge in [0.2, 0.25) is 0 Å². The predicted molar refractivity (Wildman–Crippen MR) is 122 cm³/mol. The smallest absolute Gasteiger partial charge is 0.423 e. The highest BCUT2D eigenvalue weighted by molar-refractivity contribution is 6.58. The van der Waals surface area contributed by atoms with Gasteiger partial charge in [0.15, 0.2) is 0 Å². The lowest BCUT2D eigenvalue weighted by molar-refractivity contribution is 0.137. The second kappa shape index (κ2) is 9.87. The van der Waals surface area contributed by atoms with Crippen molar-refractivity contribution in [3.05, 3.63) is 71.4 Å². The molecule has 1 fully saturated rings. The highest BCUT2D eigenvalue weighted by atomic mass is 16.4. The Morgan fingerprint density at radius 1 is 1.19 bits per heavy atom. The molecule has 0 aliphatic carbocycles. The van der Waals surface area contributed by atoms with E-state index in [2.05, 4.69) is 20.2 Å². The summed E-state index contributed by atoms with van der Waals surface area (Å²) in [4.78, 5) is 15.7. The summed E-state index contributed by atoms with van der Waals surface area (Å²) in [7, 11) is -1.47. The van der Waals surface area contributed by atoms with Crippen molar-refractivity contribution in [1.29, 1.82) is 5.26 Å². The summed E-state index contributed by atoms with van der Waals surface area (Å²) >= 11 is 0. The molecule has 1 saturated heterocycles. The van der Waals surface area contributed by atoms with Crippen LogP contribution in [0.1, 0.15) is 48.1 Å². The third kappa shape index (κ3) is 5.29. The first-order valence-corrected chi connectivity index (χ1v) is 10.7. The summed E-state index contributed by atoms with van der Waals surface area (Å²) in [6, 6.07) is 15.0. The van der Waals surface area contributed by atoms with Gasteiger partial charge in [0.1, 0.15) is 23.4 Å². The summed E-state index contributed by atoms with van der Waals surface area (Å²) in [5.74, 6) is 1.37. The molecule has 0 amide bonds. The zero-order valence-electron chi connectivity index (χ0n) is 17.9. The highest BCUT2D eigenvalue weighted by Crippen LogP contribution is 2.32. The third-order valence-electron chi connectivity index (χ3n) is 5.60. The Kier molecular flexibility index (Phi) is 6.76. The fourth-order valence-corrected chi connectivity index (χ4v) is 4.11. The van der Waals surface area contributed by atoms with E-state index in [4.69, 9.17) is 10.2 Å². The third-order valence-corrected chi connectivity index (χ3v) is 5.60. The molecule has 0 unspecified atom stereocenters. The Labute approximate surface area is 187 Å². The molecule has 2 aromatic heterocycles. The number of rotatable bonds is 6. The van der Waals surface area contributed by atoms with Gasteiger partial charge in [0.25, 0.3) is 0 Å². The SMILES string of the molecule is Cc1nc(Nc2ccc(C#N)nc2)cc([C@H]2CCCCN2Cc2cccc(B(O)O)c2)n1. The molecule has 0 bridgehead atoms. The lowest BCUT2D eigenvalue weighted by atomic mass is 9.79. The minimum Gasteiger partial charge on any atom is -0.423 e. The number of nitrogens with zero attached hydrogens (tertiary/aromatic N) is 5. The van der Waals surface area contributed by atoms with Crippen LogP contribution in [0.4, 0.5) is 11.5 Å². The van der Waals surface area contributed by atoms with Crippen molar-refractivity contribution in [3.63, 3.8) is 0 Å². The monoisotopic (exact) mass is 428 g/mol. The highest BCUT2D eigenvalue weighted by Gasteiger charge is 2.26. The molecule has 0 spiro atoms. The lowest BCUT2D eigenvalue weighted by Crippen LogP contribution is -2.35. The summed E-state index contributed by atoms with van der Waals surface area (Å²) in [5, 5.41) is 31.2. The predicted octanol–water partition coefficient (Wildman–Crippen LogP) is 2.20. The van der Waals surface area contributed by atoms with Crippen LogP contribution in [0.15, 0.2) is 48.7 Å². The maximum Gasteiger partial charge on any atom is 0.488 e. The number of aromatic nitrogens is 3. The molecule has 1 aromatic carbocycles. The topological polar surface area (TPSA) is 118 Å². The van der Waals surface area contributed by atoms with Crippen molar-refractivity contribution in [1.82, 2.24) is 19.9 Å². The number of anilines is 2. The quantitative estimate of drug-likeness (QED) is 0.512. The number of aryl methyl sites for hydroxylation is 1. The van der Waals surface area contributed by atoms with E-state index in [0.29, 0.717) is 29.3 Å². The molecule has 1 aliphatic rings. The van der Waals surface area contributed by atoms with Crippen LogP contribution >= 0.6 is 0 Å². The second-order valence-electron chi connectivity index (χ2n) is 7.99. The molecule has 0 radical (unpaired) electrons. The maximum atomic E-state index is 9.49. The molecule has 8 nitrogen and oxygen atoms in total. The number of pyridine rings is 1. The average molecular weight is 428 g/mol. The van der Waals surface area contributed by atoms with Gasteiger partial charge in [-0.15, -0.1) is 0 Å². The Bertz CT molecular complexity index is 1120. The fraction of sp³-hybridized carbons (Fsp3) is 0.304. The molecule has 32 heavy (non-hydrogen) atoms. The van der Waals surface area contributed by atoms with Crippen LogP contribution in [0.2, 0.25) is 0 Å². The van der Waals surface area contributed by atoms with Gasteiger partial charge >= 0.3 is 7.12 Å². The molecule has 1 atom stereocenters. The molecule has 162 valence electrons. The van der Waals surface area contributed by atoms with E-state index in [1.807, 2.05) is 37.3 Å². The zero-order chi connectivity index (χ0) is 22.5. The molecular formula is C23H25BN6O2. The number of piperidine rings is 1. The fourth-order valence-electron chi connectivity index (χ4n) is 4.11. The van der Waals surface area contributed by atoms with Crippen molar-refractivity contribution >= 4 is 24.1 Å². The summed E-state index contributed by atoms with van der Waals surface area (Å²) in [5.41, 5.74) is 3.62. The Morgan fingerprint density at radius 2 is 2.06 bits per heavy atom. The molecule has 4 rings (SSSR count). The summed E-state index contributed by atoms with van der Waals surface area (Å²) < 4.78 is 0. The molecule has 0 saturated carbocycles. The van der Waals surface area contributed by atoms with Crippen molar-refractivity contribution < 1.29 is 10.0 Å². The minimum atomic E-state index is -1.47. The molecular weight excluding hydrogens is 403 g/mol. The number of nitriles is 1. The number of nitrogens with one attached hydrogen (secondary N) is 1. The number of hydrogen-bond donors (Lipinski definition) is 3. The van der Waals surface area contributed by atoms with E-state index in [-0.39, 0.29) is 6.04 Å². The van der Waals surface area contributed by atoms with E-state index in [1.165, 1.54) is 0 Å². The lowest BCUT2D eigenvalue weighted by Gasteiger charge is -2.35. The van der Waals surface area contributed by atoms with Crippen LogP contribution in [0.5, 0.6) is 0 Å². The standard InChI is InChI=1S/C23H25BN6O2/c1-16-27-21(12-23(28-16)29-20-9-8-19(13-25)26-14-20)22-7-2-3-10-30(22)15-17-5-4-6-18(11-17)24(31)32/h4-6,8-9,11-12,14,22,31-32H,2-3,7,10,15H2,1H3,(H,27,28,29)/t22-/m1/s1.